The molecule has 5 nitrogen and oxygen atoms in total. The van der Waals surface area contributed by atoms with E-state index in [9.17, 15) is 9.59 Å². The summed E-state index contributed by atoms with van der Waals surface area (Å²) < 4.78 is 0. The third kappa shape index (κ3) is 3.78. The number of rotatable bonds is 4. The number of nitrogens with zero attached hydrogens (tertiary/aromatic N) is 1. The highest BCUT2D eigenvalue weighted by molar-refractivity contribution is 5.96. The van der Waals surface area contributed by atoms with Crippen molar-refractivity contribution < 1.29 is 4.79 Å². The van der Waals surface area contributed by atoms with Gasteiger partial charge in [0.1, 0.15) is 0 Å². The summed E-state index contributed by atoms with van der Waals surface area (Å²) in [6.07, 6.45) is 2.35. The van der Waals surface area contributed by atoms with Crippen LogP contribution in [-0.4, -0.2) is 28.9 Å². The van der Waals surface area contributed by atoms with Crippen LogP contribution in [-0.2, 0) is 6.54 Å². The molecule has 138 valence electrons. The van der Waals surface area contributed by atoms with Crippen LogP contribution >= 0.6 is 0 Å². The van der Waals surface area contributed by atoms with Crippen molar-refractivity contribution in [3.63, 3.8) is 0 Å². The third-order valence-corrected chi connectivity index (χ3v) is 5.34. The Morgan fingerprint density at radius 1 is 1.15 bits per heavy atom. The van der Waals surface area contributed by atoms with E-state index in [2.05, 4.69) is 34.1 Å². The summed E-state index contributed by atoms with van der Waals surface area (Å²) in [7, 11) is 0. The molecule has 0 saturated carbocycles. The molecule has 2 aromatic carbocycles. The number of pyridine rings is 1. The first-order valence-corrected chi connectivity index (χ1v) is 9.33. The van der Waals surface area contributed by atoms with Gasteiger partial charge in [-0.3, -0.25) is 14.5 Å². The van der Waals surface area contributed by atoms with Crippen molar-refractivity contribution in [3.05, 3.63) is 81.6 Å². The monoisotopic (exact) mass is 361 g/mol. The molecule has 4 rings (SSSR count). The van der Waals surface area contributed by atoms with Crippen LogP contribution in [0.15, 0.2) is 59.4 Å². The molecule has 3 aromatic rings. The minimum Gasteiger partial charge on any atom is -0.366 e. The summed E-state index contributed by atoms with van der Waals surface area (Å²) in [6, 6.07) is 17.2. The van der Waals surface area contributed by atoms with E-state index < -0.39 is 5.91 Å². The maximum atomic E-state index is 12.5. The van der Waals surface area contributed by atoms with E-state index in [0.29, 0.717) is 23.4 Å². The van der Waals surface area contributed by atoms with Gasteiger partial charge in [0.05, 0.1) is 0 Å². The first-order valence-electron chi connectivity index (χ1n) is 9.33. The van der Waals surface area contributed by atoms with Gasteiger partial charge in [0.2, 0.25) is 5.91 Å². The molecule has 3 N–H and O–H groups in total. The van der Waals surface area contributed by atoms with Crippen LogP contribution in [0, 0.1) is 0 Å². The lowest BCUT2D eigenvalue weighted by atomic mass is 9.90. The van der Waals surface area contributed by atoms with Crippen LogP contribution in [0.1, 0.15) is 40.4 Å². The SMILES string of the molecule is NC(=O)c1ccc2[nH]c(CN3CCC[C@H](c4ccccc4)C3)cc(=O)c2c1. The maximum Gasteiger partial charge on any atom is 0.248 e. The summed E-state index contributed by atoms with van der Waals surface area (Å²) in [4.78, 5) is 29.6. The van der Waals surface area contributed by atoms with E-state index in [-0.39, 0.29) is 5.43 Å². The molecular weight excluding hydrogens is 338 g/mol. The van der Waals surface area contributed by atoms with Gasteiger partial charge >= 0.3 is 0 Å². The highest BCUT2D eigenvalue weighted by atomic mass is 16.1. The maximum absolute atomic E-state index is 12.5. The summed E-state index contributed by atoms with van der Waals surface area (Å²) in [5.41, 5.74) is 8.59. The summed E-state index contributed by atoms with van der Waals surface area (Å²) in [5, 5.41) is 0.496. The van der Waals surface area contributed by atoms with Gasteiger partial charge in [-0.25, -0.2) is 0 Å². The third-order valence-electron chi connectivity index (χ3n) is 5.34. The molecule has 1 amide bonds. The highest BCUT2D eigenvalue weighted by Crippen LogP contribution is 2.27. The van der Waals surface area contributed by atoms with Gasteiger partial charge in [-0.2, -0.15) is 0 Å². The van der Waals surface area contributed by atoms with Crippen LogP contribution in [0.2, 0.25) is 0 Å². The molecular formula is C22H23N3O2. The second-order valence-corrected chi connectivity index (χ2v) is 7.27. The van der Waals surface area contributed by atoms with Crippen LogP contribution in [0.25, 0.3) is 10.9 Å². The molecule has 2 heterocycles. The van der Waals surface area contributed by atoms with Crippen LogP contribution in [0.3, 0.4) is 0 Å². The number of piperidine rings is 1. The fourth-order valence-corrected chi connectivity index (χ4v) is 3.98. The lowest BCUT2D eigenvalue weighted by molar-refractivity contribution is 0.100. The molecule has 0 bridgehead atoms. The van der Waals surface area contributed by atoms with Gasteiger partial charge in [0, 0.05) is 41.3 Å². The first-order chi connectivity index (χ1) is 13.1. The molecule has 0 aliphatic carbocycles. The van der Waals surface area contributed by atoms with Crippen LogP contribution < -0.4 is 11.2 Å². The quantitative estimate of drug-likeness (QED) is 0.750. The standard InChI is InChI=1S/C22H23N3O2/c23-22(27)16-8-9-20-19(11-16)21(26)12-18(24-20)14-25-10-4-7-17(13-25)15-5-2-1-3-6-15/h1-3,5-6,8-9,11-12,17H,4,7,10,13-14H2,(H2,23,27)(H,24,26)/t17-/m0/s1. The van der Waals surface area contributed by atoms with Crippen molar-refractivity contribution in [3.8, 4) is 0 Å². The molecule has 27 heavy (non-hydrogen) atoms. The largest absolute Gasteiger partial charge is 0.366 e. The van der Waals surface area contributed by atoms with Gasteiger partial charge in [0.25, 0.3) is 0 Å². The summed E-state index contributed by atoms with van der Waals surface area (Å²) >= 11 is 0. The second-order valence-electron chi connectivity index (χ2n) is 7.27. The number of carbonyl (C=O) groups is 1. The fourth-order valence-electron chi connectivity index (χ4n) is 3.98. The number of hydrogen-bond donors (Lipinski definition) is 2. The van der Waals surface area contributed by atoms with Gasteiger partial charge in [0.15, 0.2) is 5.43 Å². The number of carbonyl (C=O) groups excluding carboxylic acids is 1. The van der Waals surface area contributed by atoms with E-state index in [1.807, 2.05) is 6.07 Å². The van der Waals surface area contributed by atoms with Crippen LogP contribution in [0.4, 0.5) is 0 Å². The molecule has 1 saturated heterocycles. The lowest BCUT2D eigenvalue weighted by Crippen LogP contribution is -2.34. The van der Waals surface area contributed by atoms with Gasteiger partial charge in [-0.1, -0.05) is 30.3 Å². The van der Waals surface area contributed by atoms with Crippen molar-refractivity contribution in [2.75, 3.05) is 13.1 Å². The Morgan fingerprint density at radius 3 is 2.74 bits per heavy atom. The van der Waals surface area contributed by atoms with Crippen molar-refractivity contribution in [2.45, 2.75) is 25.3 Å². The molecule has 0 spiro atoms. The number of amides is 1. The highest BCUT2D eigenvalue weighted by Gasteiger charge is 2.21. The van der Waals surface area contributed by atoms with E-state index in [1.165, 1.54) is 12.0 Å². The molecule has 1 aromatic heterocycles. The number of nitrogens with one attached hydrogen (secondary N) is 1. The lowest BCUT2D eigenvalue weighted by Gasteiger charge is -2.33. The summed E-state index contributed by atoms with van der Waals surface area (Å²) in [5.74, 6) is 0.00546. The zero-order chi connectivity index (χ0) is 18.8. The number of aromatic amines is 1. The number of hydrogen-bond acceptors (Lipinski definition) is 3. The summed E-state index contributed by atoms with van der Waals surface area (Å²) in [6.45, 7) is 2.74. The Bertz CT molecular complexity index is 1030. The predicted octanol–water partition coefficient (Wildman–Crippen LogP) is 3.01. The number of H-pyrrole nitrogens is 1. The minimum atomic E-state index is -0.527. The topological polar surface area (TPSA) is 79.2 Å². The Kier molecular flexibility index (Phi) is 4.77. The van der Waals surface area contributed by atoms with Crippen molar-refractivity contribution in [1.82, 2.24) is 9.88 Å². The average molecular weight is 361 g/mol. The molecule has 0 unspecified atom stereocenters. The number of primary amides is 1. The first kappa shape index (κ1) is 17.5. The zero-order valence-corrected chi connectivity index (χ0v) is 15.2. The Morgan fingerprint density at radius 2 is 1.96 bits per heavy atom. The Labute approximate surface area is 157 Å². The molecule has 1 atom stereocenters. The molecule has 0 radical (unpaired) electrons. The molecule has 1 aliphatic rings. The van der Waals surface area contributed by atoms with Gasteiger partial charge in [-0.05, 0) is 49.1 Å². The second kappa shape index (κ2) is 7.37. The van der Waals surface area contributed by atoms with E-state index in [4.69, 9.17) is 5.73 Å². The van der Waals surface area contributed by atoms with E-state index >= 15 is 0 Å². The molecule has 1 fully saturated rings. The number of likely N-dealkylation sites (tertiary alicyclic amines) is 1. The number of fused-ring (bicyclic) bond motifs is 1. The Hall–Kier alpha value is -2.92. The number of benzene rings is 2. The number of nitrogens with two attached hydrogens (primary N) is 1. The minimum absolute atomic E-state index is 0.0848. The van der Waals surface area contributed by atoms with Crippen LogP contribution in [0.5, 0.6) is 0 Å². The average Bonchev–Trinajstić information content (AvgIpc) is 2.68. The molecule has 1 aliphatic heterocycles. The van der Waals surface area contributed by atoms with E-state index in [1.54, 1.807) is 24.3 Å². The predicted molar refractivity (Wildman–Crippen MR) is 107 cm³/mol. The molecule has 5 heteroatoms. The Balaban J connectivity index is 1.55. The van der Waals surface area contributed by atoms with Gasteiger partial charge in [-0.15, -0.1) is 0 Å². The van der Waals surface area contributed by atoms with Crippen molar-refractivity contribution >= 4 is 16.8 Å². The van der Waals surface area contributed by atoms with Crippen molar-refractivity contribution in [2.24, 2.45) is 5.73 Å². The smallest absolute Gasteiger partial charge is 0.248 e. The fraction of sp³-hybridized carbons (Fsp3) is 0.273. The van der Waals surface area contributed by atoms with Crippen molar-refractivity contribution in [1.29, 1.82) is 0 Å². The van der Waals surface area contributed by atoms with E-state index in [0.717, 1.165) is 30.7 Å². The zero-order valence-electron chi connectivity index (χ0n) is 15.2. The van der Waals surface area contributed by atoms with Gasteiger partial charge < -0.3 is 10.7 Å². The normalized spacial score (nSPS) is 17.9. The number of aromatic nitrogens is 1.